The topological polar surface area (TPSA) is 32.5 Å². The van der Waals surface area contributed by atoms with Gasteiger partial charge in [0.2, 0.25) is 0 Å². The minimum Gasteiger partial charge on any atom is -0.292 e. The molecule has 3 heterocycles. The van der Waals surface area contributed by atoms with E-state index in [1.807, 2.05) is 5.01 Å². The molecule has 3 heteroatoms. The number of nitrogens with zero attached hydrogens (tertiary/aromatic N) is 2. The first-order chi connectivity index (χ1) is 5.18. The summed E-state index contributed by atoms with van der Waals surface area (Å²) < 4.78 is 0. The lowest BCUT2D eigenvalue weighted by atomic mass is 9.87. The molecule has 0 spiro atoms. The van der Waals surface area contributed by atoms with Crippen molar-refractivity contribution in [2.75, 3.05) is 13.1 Å². The van der Waals surface area contributed by atoms with E-state index in [9.17, 15) is 0 Å². The number of nitrogens with two attached hydrogens (primary N) is 1. The molecule has 0 amide bonds. The summed E-state index contributed by atoms with van der Waals surface area (Å²) in [6.07, 6.45) is 1.37. The van der Waals surface area contributed by atoms with E-state index in [2.05, 4.69) is 18.7 Å². The normalized spacial score (nSPS) is 39.3. The number of piperazine rings is 1. The first-order valence-corrected chi connectivity index (χ1v) is 4.45. The van der Waals surface area contributed by atoms with Crippen LogP contribution in [0.25, 0.3) is 0 Å². The van der Waals surface area contributed by atoms with Crippen molar-refractivity contribution in [1.29, 1.82) is 0 Å². The molecule has 2 unspecified atom stereocenters. The molecule has 3 saturated heterocycles. The maximum Gasteiger partial charge on any atom is 0.0286 e. The molecule has 0 aromatic rings. The summed E-state index contributed by atoms with van der Waals surface area (Å²) in [4.78, 5) is 2.59. The molecule has 11 heavy (non-hydrogen) atoms. The summed E-state index contributed by atoms with van der Waals surface area (Å²) >= 11 is 0. The largest absolute Gasteiger partial charge is 0.292 e. The molecule has 0 aliphatic carbocycles. The van der Waals surface area contributed by atoms with E-state index in [-0.39, 0.29) is 0 Å². The minimum atomic E-state index is 0.701. The predicted molar refractivity (Wildman–Crippen MR) is 44.9 cm³/mol. The summed E-state index contributed by atoms with van der Waals surface area (Å²) in [5.41, 5.74) is 0. The first-order valence-electron chi connectivity index (χ1n) is 4.45. The number of fused-ring (bicyclic) bond motifs is 2. The molecule has 3 aliphatic rings. The summed E-state index contributed by atoms with van der Waals surface area (Å²) in [5.74, 6) is 5.72. The number of hydrogen-bond donors (Lipinski definition) is 1. The second kappa shape index (κ2) is 2.44. The number of hydrogen-bond acceptors (Lipinski definition) is 3. The fourth-order valence-corrected chi connectivity index (χ4v) is 2.51. The quantitative estimate of drug-likeness (QED) is 0.542. The van der Waals surface area contributed by atoms with Crippen LogP contribution in [0.15, 0.2) is 0 Å². The molecule has 3 nitrogen and oxygen atoms in total. The second-order valence-corrected chi connectivity index (χ2v) is 4.04. The molecule has 2 N–H and O–H groups in total. The Labute approximate surface area is 68.1 Å². The molecule has 0 radical (unpaired) electrons. The van der Waals surface area contributed by atoms with Gasteiger partial charge in [-0.15, -0.1) is 0 Å². The molecule has 3 aliphatic heterocycles. The summed E-state index contributed by atoms with van der Waals surface area (Å²) in [6.45, 7) is 6.67. The second-order valence-electron chi connectivity index (χ2n) is 4.04. The number of piperidine rings is 1. The summed E-state index contributed by atoms with van der Waals surface area (Å²) in [6, 6.07) is 2.20. The van der Waals surface area contributed by atoms with Crippen molar-refractivity contribution in [3.8, 4) is 0 Å². The fourth-order valence-electron chi connectivity index (χ4n) is 2.51. The maximum absolute atomic E-state index is 5.72. The van der Waals surface area contributed by atoms with Crippen LogP contribution in [0.1, 0.15) is 20.3 Å². The van der Waals surface area contributed by atoms with E-state index < -0.39 is 0 Å². The Morgan fingerprint density at radius 2 is 1.82 bits per heavy atom. The molecule has 0 saturated carbocycles. The highest BCUT2D eigenvalue weighted by Crippen LogP contribution is 2.32. The highest BCUT2D eigenvalue weighted by Gasteiger charge is 2.44. The molecular weight excluding hydrogens is 138 g/mol. The van der Waals surface area contributed by atoms with Crippen molar-refractivity contribution < 1.29 is 0 Å². The van der Waals surface area contributed by atoms with Gasteiger partial charge in [-0.1, -0.05) is 0 Å². The van der Waals surface area contributed by atoms with Crippen LogP contribution in [-0.4, -0.2) is 41.1 Å². The van der Waals surface area contributed by atoms with Crippen molar-refractivity contribution in [1.82, 2.24) is 9.91 Å². The average Bonchev–Trinajstić information content (AvgIpc) is 1.84. The molecule has 3 fully saturated rings. The Morgan fingerprint density at radius 1 is 1.27 bits per heavy atom. The third kappa shape index (κ3) is 1.08. The van der Waals surface area contributed by atoms with E-state index in [0.29, 0.717) is 6.04 Å². The van der Waals surface area contributed by atoms with Gasteiger partial charge in [0.15, 0.2) is 0 Å². The summed E-state index contributed by atoms with van der Waals surface area (Å²) in [7, 11) is 0. The third-order valence-corrected chi connectivity index (χ3v) is 2.87. The average molecular weight is 155 g/mol. The van der Waals surface area contributed by atoms with Gasteiger partial charge >= 0.3 is 0 Å². The van der Waals surface area contributed by atoms with Crippen molar-refractivity contribution in [2.45, 2.75) is 38.4 Å². The van der Waals surface area contributed by atoms with Gasteiger partial charge in [-0.05, 0) is 20.3 Å². The minimum absolute atomic E-state index is 0.701. The van der Waals surface area contributed by atoms with Gasteiger partial charge in [-0.3, -0.25) is 10.7 Å². The molecule has 0 aromatic heterocycles. The fraction of sp³-hybridized carbons (Fsp3) is 1.00. The van der Waals surface area contributed by atoms with Crippen LogP contribution in [-0.2, 0) is 0 Å². The van der Waals surface area contributed by atoms with Crippen LogP contribution >= 0.6 is 0 Å². The standard InChI is InChI=1S/C8H17N3/c1-6(2)11-7-3-8(11)5-10(9)4-7/h6-8H,3-5,9H2,1-2H3. The Bertz CT molecular complexity index is 145. The van der Waals surface area contributed by atoms with E-state index in [1.54, 1.807) is 0 Å². The zero-order valence-corrected chi connectivity index (χ0v) is 7.33. The van der Waals surface area contributed by atoms with Crippen molar-refractivity contribution >= 4 is 0 Å². The van der Waals surface area contributed by atoms with E-state index in [1.165, 1.54) is 6.42 Å². The maximum atomic E-state index is 5.72. The smallest absolute Gasteiger partial charge is 0.0286 e. The lowest BCUT2D eigenvalue weighted by Gasteiger charge is -2.57. The highest BCUT2D eigenvalue weighted by atomic mass is 15.5. The highest BCUT2D eigenvalue weighted by molar-refractivity contribution is 5.00. The lowest BCUT2D eigenvalue weighted by Crippen LogP contribution is -2.71. The molecule has 0 aromatic carbocycles. The molecule has 3 rings (SSSR count). The van der Waals surface area contributed by atoms with Crippen LogP contribution in [0.3, 0.4) is 0 Å². The Balaban J connectivity index is 1.98. The van der Waals surface area contributed by atoms with Crippen LogP contribution in [0.5, 0.6) is 0 Å². The van der Waals surface area contributed by atoms with E-state index in [0.717, 1.165) is 25.2 Å². The zero-order valence-electron chi connectivity index (χ0n) is 7.33. The SMILES string of the molecule is CC(C)N1C2CC1CN(N)C2. The van der Waals surface area contributed by atoms with E-state index in [4.69, 9.17) is 5.84 Å². The third-order valence-electron chi connectivity index (χ3n) is 2.87. The molecular formula is C8H17N3. The van der Waals surface area contributed by atoms with Crippen molar-refractivity contribution in [3.05, 3.63) is 0 Å². The van der Waals surface area contributed by atoms with Gasteiger partial charge in [0, 0.05) is 31.2 Å². The summed E-state index contributed by atoms with van der Waals surface area (Å²) in [5, 5.41) is 1.96. The molecule has 64 valence electrons. The van der Waals surface area contributed by atoms with Gasteiger partial charge in [-0.25, -0.2) is 5.01 Å². The van der Waals surface area contributed by atoms with Crippen LogP contribution in [0.4, 0.5) is 0 Å². The Kier molecular flexibility index (Phi) is 1.67. The van der Waals surface area contributed by atoms with Gasteiger partial charge in [0.25, 0.3) is 0 Å². The van der Waals surface area contributed by atoms with Gasteiger partial charge in [0.05, 0.1) is 0 Å². The Morgan fingerprint density at radius 3 is 2.27 bits per heavy atom. The Hall–Kier alpha value is -0.120. The van der Waals surface area contributed by atoms with Gasteiger partial charge in [0.1, 0.15) is 0 Å². The zero-order chi connectivity index (χ0) is 8.01. The van der Waals surface area contributed by atoms with Crippen molar-refractivity contribution in [3.63, 3.8) is 0 Å². The number of hydrazine groups is 1. The lowest BCUT2D eigenvalue weighted by molar-refractivity contribution is -0.0882. The molecule has 2 bridgehead atoms. The van der Waals surface area contributed by atoms with Crippen molar-refractivity contribution in [2.24, 2.45) is 5.84 Å². The first kappa shape index (κ1) is 7.53. The van der Waals surface area contributed by atoms with Crippen LogP contribution in [0.2, 0.25) is 0 Å². The predicted octanol–water partition coefficient (Wildman–Crippen LogP) is 0.0270. The molecule has 2 atom stereocenters. The van der Waals surface area contributed by atoms with Gasteiger partial charge in [-0.2, -0.15) is 0 Å². The van der Waals surface area contributed by atoms with Crippen LogP contribution < -0.4 is 5.84 Å². The van der Waals surface area contributed by atoms with E-state index >= 15 is 0 Å². The van der Waals surface area contributed by atoms with Crippen LogP contribution in [0, 0.1) is 0 Å². The van der Waals surface area contributed by atoms with Gasteiger partial charge < -0.3 is 0 Å². The monoisotopic (exact) mass is 155 g/mol. The number of rotatable bonds is 1.